The molecule has 4 rings (SSSR count). The molecular weight excluding hydrogens is 442 g/mol. The van der Waals surface area contributed by atoms with Crippen LogP contribution >= 0.6 is 12.4 Å². The number of hydrogen-bond acceptors (Lipinski definition) is 8. The molecule has 9 nitrogen and oxygen atoms in total. The number of anilines is 2. The van der Waals surface area contributed by atoms with Crippen molar-refractivity contribution in [3.63, 3.8) is 0 Å². The zero-order valence-corrected chi connectivity index (χ0v) is 18.6. The van der Waals surface area contributed by atoms with E-state index in [9.17, 15) is 8.78 Å². The Kier molecular flexibility index (Phi) is 7.86. The van der Waals surface area contributed by atoms with Gasteiger partial charge >= 0.3 is 0 Å². The molecule has 0 bridgehead atoms. The summed E-state index contributed by atoms with van der Waals surface area (Å²) < 4.78 is 34.7. The number of nitrogens with one attached hydrogen (secondary N) is 1. The lowest BCUT2D eigenvalue weighted by atomic mass is 10.2. The Labute approximate surface area is 190 Å². The molecule has 0 spiro atoms. The summed E-state index contributed by atoms with van der Waals surface area (Å²) in [7, 11) is 0. The first-order chi connectivity index (χ1) is 15.0. The van der Waals surface area contributed by atoms with Crippen LogP contribution in [0.5, 0.6) is 0 Å². The van der Waals surface area contributed by atoms with Crippen LogP contribution in [-0.4, -0.2) is 55.8 Å². The van der Waals surface area contributed by atoms with Gasteiger partial charge in [-0.15, -0.1) is 12.4 Å². The Morgan fingerprint density at radius 1 is 1.16 bits per heavy atom. The van der Waals surface area contributed by atoms with Gasteiger partial charge in [-0.05, 0) is 13.8 Å². The van der Waals surface area contributed by atoms with Gasteiger partial charge in [0.15, 0.2) is 0 Å². The first kappa shape index (κ1) is 23.7. The lowest BCUT2D eigenvalue weighted by Crippen LogP contribution is -2.37. The first-order valence-electron chi connectivity index (χ1n) is 10.2. The van der Waals surface area contributed by atoms with Crippen molar-refractivity contribution >= 4 is 24.3 Å². The molecule has 3 aromatic rings. The summed E-state index contributed by atoms with van der Waals surface area (Å²) in [6.45, 7) is 7.08. The molecular formula is C20H25ClF2N8O. The molecule has 0 radical (unpaired) electrons. The van der Waals surface area contributed by atoms with E-state index in [4.69, 9.17) is 4.74 Å². The number of rotatable bonds is 7. The molecule has 0 aromatic carbocycles. The largest absolute Gasteiger partial charge is 0.378 e. The lowest BCUT2D eigenvalue weighted by Gasteiger charge is -2.27. The topological polar surface area (TPSA) is 93.9 Å². The van der Waals surface area contributed by atoms with Gasteiger partial charge in [-0.3, -0.25) is 4.98 Å². The van der Waals surface area contributed by atoms with E-state index in [1.54, 1.807) is 13.3 Å². The highest BCUT2D eigenvalue weighted by molar-refractivity contribution is 5.85. The molecule has 1 N–H and O–H groups in total. The van der Waals surface area contributed by atoms with Crippen LogP contribution in [0.3, 0.4) is 0 Å². The van der Waals surface area contributed by atoms with E-state index < -0.39 is 17.7 Å². The van der Waals surface area contributed by atoms with E-state index in [1.165, 1.54) is 0 Å². The molecule has 12 heteroatoms. The Balaban J connectivity index is 0.00000289. The second-order valence-electron chi connectivity index (χ2n) is 7.23. The number of morpholine rings is 1. The van der Waals surface area contributed by atoms with Crippen LogP contribution in [0.25, 0.3) is 0 Å². The molecule has 1 aliphatic heterocycles. The molecule has 172 valence electrons. The van der Waals surface area contributed by atoms with Gasteiger partial charge in [-0.25, -0.2) is 13.8 Å². The molecule has 1 aliphatic rings. The van der Waals surface area contributed by atoms with Crippen LogP contribution < -0.4 is 10.2 Å². The van der Waals surface area contributed by atoms with Crippen molar-refractivity contribution in [3.8, 4) is 0 Å². The van der Waals surface area contributed by atoms with Crippen molar-refractivity contribution in [3.05, 3.63) is 53.6 Å². The highest BCUT2D eigenvalue weighted by Crippen LogP contribution is 2.21. The van der Waals surface area contributed by atoms with Crippen molar-refractivity contribution < 1.29 is 13.5 Å². The standard InChI is InChI=1S/C20H24F2N8O.ClH/c1-3-29-11-15(24-12-29)9-17-26-19(28-20(27-17)30-4-6-31-7-5-30)25-13(2)18-16(22)8-14(21)10-23-18;/h8,10-13H,3-7,9H2,1-2H3,(H,25,26,27,28);1H/t13-;/m0./s1. The molecule has 4 heterocycles. The molecule has 0 saturated carbocycles. The van der Waals surface area contributed by atoms with Gasteiger partial charge in [0.1, 0.15) is 17.5 Å². The van der Waals surface area contributed by atoms with E-state index >= 15 is 0 Å². The van der Waals surface area contributed by atoms with Crippen molar-refractivity contribution in [1.29, 1.82) is 0 Å². The summed E-state index contributed by atoms with van der Waals surface area (Å²) in [6.07, 6.45) is 5.13. The van der Waals surface area contributed by atoms with Gasteiger partial charge in [-0.1, -0.05) is 0 Å². The van der Waals surface area contributed by atoms with Crippen LogP contribution in [0.4, 0.5) is 20.7 Å². The number of imidazole rings is 1. The van der Waals surface area contributed by atoms with E-state index in [1.807, 2.05) is 22.6 Å². The van der Waals surface area contributed by atoms with E-state index in [2.05, 4.69) is 30.2 Å². The van der Waals surface area contributed by atoms with Crippen LogP contribution in [0.15, 0.2) is 24.8 Å². The number of hydrogen-bond donors (Lipinski definition) is 1. The van der Waals surface area contributed by atoms with Gasteiger partial charge in [0, 0.05) is 31.9 Å². The monoisotopic (exact) mass is 466 g/mol. The smallest absolute Gasteiger partial charge is 0.230 e. The van der Waals surface area contributed by atoms with Gasteiger partial charge in [0.2, 0.25) is 11.9 Å². The van der Waals surface area contributed by atoms with Gasteiger partial charge in [0.25, 0.3) is 0 Å². The third-order valence-electron chi connectivity index (χ3n) is 4.95. The summed E-state index contributed by atoms with van der Waals surface area (Å²) in [6, 6.07) is 0.232. The summed E-state index contributed by atoms with van der Waals surface area (Å²) in [5, 5.41) is 3.07. The van der Waals surface area contributed by atoms with Gasteiger partial charge in [-0.2, -0.15) is 15.0 Å². The third kappa shape index (κ3) is 5.65. The Morgan fingerprint density at radius 3 is 2.62 bits per heavy atom. The fraction of sp³-hybridized carbons (Fsp3) is 0.450. The minimum Gasteiger partial charge on any atom is -0.378 e. The average molecular weight is 467 g/mol. The second kappa shape index (κ2) is 10.6. The Bertz CT molecular complexity index is 1040. The zero-order chi connectivity index (χ0) is 21.8. The number of aryl methyl sites for hydroxylation is 1. The van der Waals surface area contributed by atoms with Crippen LogP contribution in [0, 0.1) is 11.6 Å². The fourth-order valence-corrected chi connectivity index (χ4v) is 3.29. The number of halogens is 3. The highest BCUT2D eigenvalue weighted by Gasteiger charge is 2.20. The molecule has 0 aliphatic carbocycles. The lowest BCUT2D eigenvalue weighted by molar-refractivity contribution is 0.122. The van der Waals surface area contributed by atoms with Gasteiger partial charge in [0.05, 0.1) is 49.6 Å². The maximum atomic E-state index is 14.1. The van der Waals surface area contributed by atoms with E-state index in [0.717, 1.165) is 24.5 Å². The second-order valence-corrected chi connectivity index (χ2v) is 7.23. The SMILES string of the molecule is CCn1cnc(Cc2nc(N[C@@H](C)c3ncc(F)cc3F)nc(N3CCOCC3)n2)c1.Cl. The number of ether oxygens (including phenoxy) is 1. The molecule has 1 atom stereocenters. The molecule has 32 heavy (non-hydrogen) atoms. The quantitative estimate of drug-likeness (QED) is 0.568. The number of nitrogens with zero attached hydrogens (tertiary/aromatic N) is 7. The highest BCUT2D eigenvalue weighted by atomic mass is 35.5. The van der Waals surface area contributed by atoms with E-state index in [0.29, 0.717) is 50.4 Å². The summed E-state index contributed by atoms with van der Waals surface area (Å²) in [5.74, 6) is -0.102. The predicted molar refractivity (Wildman–Crippen MR) is 117 cm³/mol. The third-order valence-corrected chi connectivity index (χ3v) is 4.95. The van der Waals surface area contributed by atoms with E-state index in [-0.39, 0.29) is 18.1 Å². The van der Waals surface area contributed by atoms with Crippen molar-refractivity contribution in [1.82, 2.24) is 29.5 Å². The van der Waals surface area contributed by atoms with Crippen LogP contribution in [0.2, 0.25) is 0 Å². The molecule has 0 unspecified atom stereocenters. The minimum absolute atomic E-state index is 0. The van der Waals surface area contributed by atoms with Crippen LogP contribution in [0.1, 0.15) is 37.1 Å². The first-order valence-corrected chi connectivity index (χ1v) is 10.2. The maximum Gasteiger partial charge on any atom is 0.230 e. The minimum atomic E-state index is -0.729. The average Bonchev–Trinajstić information content (AvgIpc) is 3.21. The Hall–Kier alpha value is -2.92. The van der Waals surface area contributed by atoms with Gasteiger partial charge < -0.3 is 19.5 Å². The summed E-state index contributed by atoms with van der Waals surface area (Å²) in [4.78, 5) is 23.9. The zero-order valence-electron chi connectivity index (χ0n) is 17.8. The summed E-state index contributed by atoms with van der Waals surface area (Å²) in [5.41, 5.74) is 0.921. The van der Waals surface area contributed by atoms with Crippen molar-refractivity contribution in [2.75, 3.05) is 36.5 Å². The van der Waals surface area contributed by atoms with Crippen molar-refractivity contribution in [2.45, 2.75) is 32.9 Å². The molecule has 0 amide bonds. The number of aromatic nitrogens is 6. The Morgan fingerprint density at radius 2 is 1.94 bits per heavy atom. The number of pyridine rings is 1. The normalized spacial score (nSPS) is 14.7. The molecule has 1 fully saturated rings. The molecule has 3 aromatic heterocycles. The fourth-order valence-electron chi connectivity index (χ4n) is 3.29. The van der Waals surface area contributed by atoms with Crippen molar-refractivity contribution in [2.24, 2.45) is 0 Å². The van der Waals surface area contributed by atoms with Crippen LogP contribution in [-0.2, 0) is 17.7 Å². The molecule has 1 saturated heterocycles. The predicted octanol–water partition coefficient (Wildman–Crippen LogP) is 2.78. The summed E-state index contributed by atoms with van der Waals surface area (Å²) >= 11 is 0. The maximum absolute atomic E-state index is 14.1.